The summed E-state index contributed by atoms with van der Waals surface area (Å²) < 4.78 is 77.9. The molecule has 3 saturated heterocycles. The van der Waals surface area contributed by atoms with Crippen LogP contribution < -0.4 is 4.72 Å². The van der Waals surface area contributed by atoms with Crippen LogP contribution in [0.5, 0.6) is 0 Å². The number of nitrogens with one attached hydrogen (secondary N) is 1. The summed E-state index contributed by atoms with van der Waals surface area (Å²) in [4.78, 5) is 16.0. The number of alkyl halides is 3. The van der Waals surface area contributed by atoms with E-state index in [1.54, 1.807) is 9.80 Å². The normalized spacial score (nSPS) is 25.9. The van der Waals surface area contributed by atoms with Gasteiger partial charge in [0.05, 0.1) is 16.9 Å². The third-order valence-corrected chi connectivity index (χ3v) is 8.62. The molecule has 0 bridgehead atoms. The monoisotopic (exact) mass is 461 g/mol. The highest BCUT2D eigenvalue weighted by Gasteiger charge is 2.57. The van der Waals surface area contributed by atoms with Crippen LogP contribution in [0, 0.1) is 17.2 Å². The quantitative estimate of drug-likeness (QED) is 0.689. The lowest BCUT2D eigenvalue weighted by atomic mass is 9.56. The molecule has 0 unspecified atom stereocenters. The zero-order valence-electron chi connectivity index (χ0n) is 16.7. The molecule has 3 aliphatic heterocycles. The number of hydrogen-bond donors (Lipinski definition) is 1. The molecule has 1 aromatic carbocycles. The van der Waals surface area contributed by atoms with E-state index in [9.17, 15) is 30.8 Å². The number of amides is 2. The fourth-order valence-corrected chi connectivity index (χ4v) is 7.32. The third-order valence-electron chi connectivity index (χ3n) is 7.13. The van der Waals surface area contributed by atoms with Crippen molar-refractivity contribution in [1.82, 2.24) is 14.5 Å². The maximum atomic E-state index is 14.1. The minimum absolute atomic E-state index is 0.0280. The predicted octanol–water partition coefficient (Wildman–Crippen LogP) is 2.60. The maximum Gasteiger partial charge on any atom is 0.416 e. The third kappa shape index (κ3) is 3.69. The van der Waals surface area contributed by atoms with Gasteiger partial charge in [-0.05, 0) is 49.3 Å². The van der Waals surface area contributed by atoms with Crippen LogP contribution in [0.2, 0.25) is 0 Å². The molecule has 31 heavy (non-hydrogen) atoms. The fraction of sp³-hybridized carbons (Fsp3) is 0.650. The van der Waals surface area contributed by atoms with E-state index in [1.165, 1.54) is 6.07 Å². The Kier molecular flexibility index (Phi) is 4.45. The minimum atomic E-state index is -4.56. The summed E-state index contributed by atoms with van der Waals surface area (Å²) in [7, 11) is -3.22. The van der Waals surface area contributed by atoms with Crippen LogP contribution >= 0.6 is 0 Å². The molecule has 2 amide bonds. The van der Waals surface area contributed by atoms with Crippen LogP contribution in [0.4, 0.5) is 22.4 Å². The smallest absolute Gasteiger partial charge is 0.323 e. The summed E-state index contributed by atoms with van der Waals surface area (Å²) in [5.74, 6) is -0.526. The average molecular weight is 461 g/mol. The number of hydrogen-bond acceptors (Lipinski definition) is 3. The minimum Gasteiger partial charge on any atom is -0.323 e. The second-order valence-electron chi connectivity index (χ2n) is 9.73. The number of benzene rings is 1. The molecule has 0 aromatic heterocycles. The molecular formula is C20H23F4N3O3S. The zero-order valence-corrected chi connectivity index (χ0v) is 17.5. The largest absolute Gasteiger partial charge is 0.416 e. The van der Waals surface area contributed by atoms with E-state index in [0.29, 0.717) is 50.7 Å². The summed E-state index contributed by atoms with van der Waals surface area (Å²) in [6.07, 6.45) is -2.00. The first-order chi connectivity index (χ1) is 14.4. The van der Waals surface area contributed by atoms with Gasteiger partial charge < -0.3 is 9.80 Å². The lowest BCUT2D eigenvalue weighted by molar-refractivity contribution is -0.137. The molecule has 0 atom stereocenters. The number of nitrogens with zero attached hydrogens (tertiary/aromatic N) is 2. The Morgan fingerprint density at radius 1 is 1.13 bits per heavy atom. The fourth-order valence-electron chi connectivity index (χ4n) is 5.67. The van der Waals surface area contributed by atoms with Gasteiger partial charge in [0.1, 0.15) is 5.82 Å². The molecule has 11 heteroatoms. The summed E-state index contributed by atoms with van der Waals surface area (Å²) >= 11 is 0. The van der Waals surface area contributed by atoms with Gasteiger partial charge in [-0.1, -0.05) is 6.07 Å². The summed E-state index contributed by atoms with van der Waals surface area (Å²) in [5.41, 5.74) is -1.15. The van der Waals surface area contributed by atoms with Crippen molar-refractivity contribution in [3.63, 3.8) is 0 Å². The number of carbonyl (C=O) groups is 1. The lowest BCUT2D eigenvalue weighted by Gasteiger charge is -2.61. The molecule has 1 N–H and O–H groups in total. The van der Waals surface area contributed by atoms with E-state index < -0.39 is 33.1 Å². The highest BCUT2D eigenvalue weighted by molar-refractivity contribution is 7.89. The molecule has 4 fully saturated rings. The van der Waals surface area contributed by atoms with Gasteiger partial charge in [0.25, 0.3) is 0 Å². The van der Waals surface area contributed by atoms with Gasteiger partial charge in [0.2, 0.25) is 10.0 Å². The number of halogens is 4. The molecule has 5 rings (SSSR count). The first-order valence-electron chi connectivity index (χ1n) is 10.3. The van der Waals surface area contributed by atoms with Crippen molar-refractivity contribution in [2.75, 3.05) is 31.9 Å². The summed E-state index contributed by atoms with van der Waals surface area (Å²) in [5, 5.41) is 0. The Labute approximate surface area is 177 Å². The van der Waals surface area contributed by atoms with Gasteiger partial charge in [-0.15, -0.1) is 0 Å². The first kappa shape index (κ1) is 21.0. The Morgan fingerprint density at radius 2 is 1.77 bits per heavy atom. The molecular weight excluding hydrogens is 438 g/mol. The first-order valence-corrected chi connectivity index (χ1v) is 11.9. The Bertz CT molecular complexity index is 1020. The molecule has 1 aliphatic carbocycles. The SMILES string of the molecule is O=C(N1CC2(CC(Cc3ccc(C(F)(F)F)cc3F)C2)C1)N1CC2(CCS(=O)(=O)N2)C1. The number of sulfonamides is 1. The van der Waals surface area contributed by atoms with Crippen molar-refractivity contribution >= 4 is 16.1 Å². The molecule has 4 aliphatic rings. The average Bonchev–Trinajstić information content (AvgIpc) is 2.90. The summed E-state index contributed by atoms with van der Waals surface area (Å²) in [6.45, 7) is 2.02. The Morgan fingerprint density at radius 3 is 2.32 bits per heavy atom. The maximum absolute atomic E-state index is 14.1. The second kappa shape index (κ2) is 6.57. The van der Waals surface area contributed by atoms with Gasteiger partial charge in [0.15, 0.2) is 0 Å². The van der Waals surface area contributed by atoms with Gasteiger partial charge in [-0.2, -0.15) is 13.2 Å². The highest BCUT2D eigenvalue weighted by atomic mass is 32.2. The molecule has 3 heterocycles. The van der Waals surface area contributed by atoms with Gasteiger partial charge in [0, 0.05) is 31.6 Å². The van der Waals surface area contributed by atoms with Crippen molar-refractivity contribution in [2.24, 2.45) is 11.3 Å². The standard InChI is InChI=1S/C20H23F4N3O3S/c21-16-6-15(20(22,23)24)2-1-14(16)5-13-7-18(8-13)9-26(10-18)17(28)27-11-19(12-27)3-4-31(29,30)25-19/h1-2,6,13,25H,3-5,7-12H2. The number of rotatable bonds is 2. The van der Waals surface area contributed by atoms with E-state index in [0.717, 1.165) is 18.9 Å². The number of carbonyl (C=O) groups excluding carboxylic acids is 1. The van der Waals surface area contributed by atoms with Gasteiger partial charge in [-0.3, -0.25) is 0 Å². The number of urea groups is 1. The van der Waals surface area contributed by atoms with Crippen LogP contribution in [-0.2, 0) is 22.6 Å². The molecule has 0 radical (unpaired) electrons. The van der Waals surface area contributed by atoms with Crippen molar-refractivity contribution in [1.29, 1.82) is 0 Å². The van der Waals surface area contributed by atoms with Crippen LogP contribution in [-0.4, -0.2) is 61.7 Å². The van der Waals surface area contributed by atoms with Crippen LogP contribution in [0.3, 0.4) is 0 Å². The Balaban J connectivity index is 1.09. The van der Waals surface area contributed by atoms with E-state index in [2.05, 4.69) is 4.72 Å². The lowest BCUT2D eigenvalue weighted by Crippen LogP contribution is -2.73. The van der Waals surface area contributed by atoms with Crippen molar-refractivity contribution < 1.29 is 30.8 Å². The topological polar surface area (TPSA) is 69.7 Å². The molecule has 2 spiro atoms. The van der Waals surface area contributed by atoms with E-state index in [-0.39, 0.29) is 23.1 Å². The molecule has 1 saturated carbocycles. The highest BCUT2D eigenvalue weighted by Crippen LogP contribution is 2.53. The number of likely N-dealkylation sites (tertiary alicyclic amines) is 2. The van der Waals surface area contributed by atoms with Crippen LogP contribution in [0.25, 0.3) is 0 Å². The van der Waals surface area contributed by atoms with E-state index >= 15 is 0 Å². The molecule has 6 nitrogen and oxygen atoms in total. The van der Waals surface area contributed by atoms with Gasteiger partial charge >= 0.3 is 12.2 Å². The zero-order chi connectivity index (χ0) is 22.2. The van der Waals surface area contributed by atoms with E-state index in [1.807, 2.05) is 0 Å². The van der Waals surface area contributed by atoms with Gasteiger partial charge in [-0.25, -0.2) is 22.3 Å². The van der Waals surface area contributed by atoms with Crippen molar-refractivity contribution in [2.45, 2.75) is 37.4 Å². The second-order valence-corrected chi connectivity index (χ2v) is 11.6. The van der Waals surface area contributed by atoms with Crippen LogP contribution in [0.15, 0.2) is 18.2 Å². The van der Waals surface area contributed by atoms with Crippen LogP contribution in [0.1, 0.15) is 30.4 Å². The van der Waals surface area contributed by atoms with Crippen molar-refractivity contribution in [3.05, 3.63) is 35.1 Å². The molecule has 1 aromatic rings. The van der Waals surface area contributed by atoms with E-state index in [4.69, 9.17) is 0 Å². The Hall–Kier alpha value is -1.88. The predicted molar refractivity (Wildman–Crippen MR) is 103 cm³/mol. The molecule has 170 valence electrons. The summed E-state index contributed by atoms with van der Waals surface area (Å²) in [6, 6.07) is 2.61. The van der Waals surface area contributed by atoms with Crippen molar-refractivity contribution in [3.8, 4) is 0 Å².